The van der Waals surface area contributed by atoms with E-state index in [2.05, 4.69) is 15.0 Å². The molecule has 0 bridgehead atoms. The summed E-state index contributed by atoms with van der Waals surface area (Å²) in [4.78, 5) is 12.0. The summed E-state index contributed by atoms with van der Waals surface area (Å²) in [6, 6.07) is 5.65. The van der Waals surface area contributed by atoms with Crippen LogP contribution in [0.2, 0.25) is 0 Å². The van der Waals surface area contributed by atoms with Crippen molar-refractivity contribution in [1.29, 1.82) is 0 Å². The minimum atomic E-state index is 0.547. The maximum absolute atomic E-state index is 5.50. The highest BCUT2D eigenvalue weighted by atomic mass is 32.2. The second-order valence-corrected chi connectivity index (χ2v) is 3.92. The van der Waals surface area contributed by atoms with E-state index in [0.717, 1.165) is 16.3 Å². The molecule has 2 N–H and O–H groups in total. The average Bonchev–Trinajstić information content (AvgIpc) is 2.30. The lowest BCUT2D eigenvalue weighted by atomic mass is 10.3. The van der Waals surface area contributed by atoms with Crippen molar-refractivity contribution in [2.75, 3.05) is 5.73 Å². The molecule has 0 aliphatic heterocycles. The van der Waals surface area contributed by atoms with Crippen LogP contribution in [0.5, 0.6) is 0 Å². The van der Waals surface area contributed by atoms with Gasteiger partial charge in [-0.15, -0.1) is 11.8 Å². The van der Waals surface area contributed by atoms with Crippen LogP contribution in [0.1, 0.15) is 5.56 Å². The summed E-state index contributed by atoms with van der Waals surface area (Å²) >= 11 is 1.65. The standard InChI is InChI=1S/C10H10N4S/c11-9-2-1-8(5-13-9)6-15-10-3-4-12-7-14-10/h1-5,7H,6H2,(H2,11,13). The molecule has 4 nitrogen and oxygen atoms in total. The van der Waals surface area contributed by atoms with E-state index in [9.17, 15) is 0 Å². The lowest BCUT2D eigenvalue weighted by molar-refractivity contribution is 1.05. The maximum Gasteiger partial charge on any atom is 0.123 e. The molecule has 15 heavy (non-hydrogen) atoms. The molecule has 0 saturated carbocycles. The van der Waals surface area contributed by atoms with Crippen molar-refractivity contribution in [1.82, 2.24) is 15.0 Å². The fourth-order valence-corrected chi connectivity index (χ4v) is 1.81. The van der Waals surface area contributed by atoms with E-state index in [0.29, 0.717) is 5.82 Å². The third kappa shape index (κ3) is 2.92. The van der Waals surface area contributed by atoms with Gasteiger partial charge in [-0.05, 0) is 17.7 Å². The third-order valence-corrected chi connectivity index (χ3v) is 2.80. The van der Waals surface area contributed by atoms with E-state index in [4.69, 9.17) is 5.73 Å². The van der Waals surface area contributed by atoms with Gasteiger partial charge in [0.1, 0.15) is 12.1 Å². The number of hydrogen-bond acceptors (Lipinski definition) is 5. The van der Waals surface area contributed by atoms with Gasteiger partial charge in [0.25, 0.3) is 0 Å². The van der Waals surface area contributed by atoms with Crippen LogP contribution in [0.3, 0.4) is 0 Å². The summed E-state index contributed by atoms with van der Waals surface area (Å²) in [6.45, 7) is 0. The molecule has 0 amide bonds. The number of nitrogen functional groups attached to an aromatic ring is 1. The van der Waals surface area contributed by atoms with Crippen molar-refractivity contribution in [3.8, 4) is 0 Å². The van der Waals surface area contributed by atoms with Crippen molar-refractivity contribution < 1.29 is 0 Å². The fourth-order valence-electron chi connectivity index (χ4n) is 1.04. The van der Waals surface area contributed by atoms with Crippen molar-refractivity contribution in [3.05, 3.63) is 42.5 Å². The average molecular weight is 218 g/mol. The van der Waals surface area contributed by atoms with Gasteiger partial charge in [0.2, 0.25) is 0 Å². The zero-order chi connectivity index (χ0) is 10.5. The van der Waals surface area contributed by atoms with Crippen molar-refractivity contribution in [2.45, 2.75) is 10.8 Å². The number of nitrogens with zero attached hydrogens (tertiary/aromatic N) is 3. The number of pyridine rings is 1. The number of anilines is 1. The molecule has 2 aromatic heterocycles. The minimum absolute atomic E-state index is 0.547. The van der Waals surface area contributed by atoms with Gasteiger partial charge in [-0.1, -0.05) is 6.07 Å². The van der Waals surface area contributed by atoms with Crippen LogP contribution in [0.25, 0.3) is 0 Å². The molecule has 0 unspecified atom stereocenters. The fraction of sp³-hybridized carbons (Fsp3) is 0.100. The lowest BCUT2D eigenvalue weighted by Gasteiger charge is -2.00. The summed E-state index contributed by atoms with van der Waals surface area (Å²) in [7, 11) is 0. The van der Waals surface area contributed by atoms with Crippen molar-refractivity contribution >= 4 is 17.6 Å². The largest absolute Gasteiger partial charge is 0.384 e. The summed E-state index contributed by atoms with van der Waals surface area (Å²) in [5.74, 6) is 1.38. The number of rotatable bonds is 3. The van der Waals surface area contributed by atoms with Gasteiger partial charge in [-0.2, -0.15) is 0 Å². The van der Waals surface area contributed by atoms with Crippen LogP contribution in [0.4, 0.5) is 5.82 Å². The van der Waals surface area contributed by atoms with Gasteiger partial charge in [0.05, 0.1) is 5.03 Å². The molecule has 0 spiro atoms. The van der Waals surface area contributed by atoms with Gasteiger partial charge >= 0.3 is 0 Å². The summed E-state index contributed by atoms with van der Waals surface area (Å²) in [5.41, 5.74) is 6.63. The molecule has 0 radical (unpaired) electrons. The van der Waals surface area contributed by atoms with Crippen molar-refractivity contribution in [3.63, 3.8) is 0 Å². The van der Waals surface area contributed by atoms with E-state index >= 15 is 0 Å². The second-order valence-electron chi connectivity index (χ2n) is 2.93. The van der Waals surface area contributed by atoms with Crippen LogP contribution in [-0.2, 0) is 5.75 Å². The molecule has 0 aliphatic rings. The smallest absolute Gasteiger partial charge is 0.123 e. The Morgan fingerprint density at radius 1 is 1.20 bits per heavy atom. The molecule has 2 aromatic rings. The zero-order valence-electron chi connectivity index (χ0n) is 8.00. The number of thioether (sulfide) groups is 1. The van der Waals surface area contributed by atoms with Gasteiger partial charge in [-0.25, -0.2) is 15.0 Å². The highest BCUT2D eigenvalue weighted by Gasteiger charge is 1.97. The Balaban J connectivity index is 1.96. The molecule has 0 aromatic carbocycles. The second kappa shape index (κ2) is 4.75. The van der Waals surface area contributed by atoms with Gasteiger partial charge in [0.15, 0.2) is 0 Å². The molecular formula is C10H10N4S. The lowest BCUT2D eigenvalue weighted by Crippen LogP contribution is -1.90. The Hall–Kier alpha value is -1.62. The molecule has 0 atom stereocenters. The predicted octanol–water partition coefficient (Wildman–Crippen LogP) is 1.75. The summed E-state index contributed by atoms with van der Waals surface area (Å²) < 4.78 is 0. The Morgan fingerprint density at radius 3 is 2.80 bits per heavy atom. The molecule has 2 rings (SSSR count). The highest BCUT2D eigenvalue weighted by Crippen LogP contribution is 2.19. The van der Waals surface area contributed by atoms with E-state index in [1.807, 2.05) is 12.1 Å². The maximum atomic E-state index is 5.50. The van der Waals surface area contributed by atoms with Crippen molar-refractivity contribution in [2.24, 2.45) is 0 Å². The van der Waals surface area contributed by atoms with Gasteiger partial charge < -0.3 is 5.73 Å². The van der Waals surface area contributed by atoms with E-state index in [1.165, 1.54) is 0 Å². The van der Waals surface area contributed by atoms with Crippen LogP contribution in [-0.4, -0.2) is 15.0 Å². The molecule has 0 saturated heterocycles. The Bertz CT molecular complexity index is 415. The Morgan fingerprint density at radius 2 is 2.13 bits per heavy atom. The number of nitrogens with two attached hydrogens (primary N) is 1. The molecule has 0 fully saturated rings. The molecule has 5 heteroatoms. The number of aromatic nitrogens is 3. The van der Waals surface area contributed by atoms with E-state index < -0.39 is 0 Å². The third-order valence-electron chi connectivity index (χ3n) is 1.79. The Labute approximate surface area is 92.0 Å². The van der Waals surface area contributed by atoms with Crippen LogP contribution >= 0.6 is 11.8 Å². The van der Waals surface area contributed by atoms with Gasteiger partial charge in [-0.3, -0.25) is 0 Å². The monoisotopic (exact) mass is 218 g/mol. The first kappa shape index (κ1) is 9.92. The van der Waals surface area contributed by atoms with E-state index in [-0.39, 0.29) is 0 Å². The zero-order valence-corrected chi connectivity index (χ0v) is 8.81. The van der Waals surface area contributed by atoms with Crippen LogP contribution in [0, 0.1) is 0 Å². The minimum Gasteiger partial charge on any atom is -0.384 e. The Kier molecular flexibility index (Phi) is 3.14. The summed E-state index contributed by atoms with van der Waals surface area (Å²) in [5, 5.41) is 0.960. The first-order valence-corrected chi connectivity index (χ1v) is 5.42. The van der Waals surface area contributed by atoms with Gasteiger partial charge in [0, 0.05) is 18.1 Å². The SMILES string of the molecule is Nc1ccc(CSc2ccncn2)cn1. The molecule has 76 valence electrons. The highest BCUT2D eigenvalue weighted by molar-refractivity contribution is 7.98. The van der Waals surface area contributed by atoms with E-state index in [1.54, 1.807) is 36.5 Å². The first-order valence-electron chi connectivity index (χ1n) is 4.44. The predicted molar refractivity (Wildman–Crippen MR) is 60.2 cm³/mol. The van der Waals surface area contributed by atoms with Crippen LogP contribution < -0.4 is 5.73 Å². The first-order chi connectivity index (χ1) is 7.34. The van der Waals surface area contributed by atoms with Crippen LogP contribution in [0.15, 0.2) is 41.9 Å². The molecular weight excluding hydrogens is 208 g/mol. The number of hydrogen-bond donors (Lipinski definition) is 1. The molecule has 0 aliphatic carbocycles. The quantitative estimate of drug-likeness (QED) is 0.628. The normalized spacial score (nSPS) is 10.1. The summed E-state index contributed by atoms with van der Waals surface area (Å²) in [6.07, 6.45) is 5.06. The molecule has 2 heterocycles. The topological polar surface area (TPSA) is 64.7 Å².